The van der Waals surface area contributed by atoms with E-state index in [0.29, 0.717) is 18.9 Å². The van der Waals surface area contributed by atoms with E-state index in [0.717, 1.165) is 34.1 Å². The van der Waals surface area contributed by atoms with Gasteiger partial charge >= 0.3 is 0 Å². The van der Waals surface area contributed by atoms with E-state index in [2.05, 4.69) is 11.4 Å². The molecular weight excluding hydrogens is 240 g/mol. The molecule has 100 valence electrons. The van der Waals surface area contributed by atoms with Gasteiger partial charge < -0.3 is 20.9 Å². The summed E-state index contributed by atoms with van der Waals surface area (Å²) in [6.07, 6.45) is 0.841. The maximum Gasteiger partial charge on any atom is 0.130 e. The van der Waals surface area contributed by atoms with Crippen LogP contribution in [0.3, 0.4) is 0 Å². The fraction of sp³-hybridized carbons (Fsp3) is 0.333. The lowest BCUT2D eigenvalue weighted by molar-refractivity contribution is 0.267. The summed E-state index contributed by atoms with van der Waals surface area (Å²) in [5, 5.41) is 15.1. The van der Waals surface area contributed by atoms with Crippen molar-refractivity contribution in [1.82, 2.24) is 5.32 Å². The van der Waals surface area contributed by atoms with Crippen LogP contribution in [0.4, 0.5) is 0 Å². The molecule has 0 radical (unpaired) electrons. The highest BCUT2D eigenvalue weighted by atomic mass is 16.5. The average molecular weight is 258 g/mol. The van der Waals surface area contributed by atoms with Crippen molar-refractivity contribution < 1.29 is 9.84 Å². The molecule has 1 aliphatic rings. The number of phenols is 1. The molecule has 4 N–H and O–H groups in total. The number of nitrogens with one attached hydrogen (secondary N) is 1. The molecular formula is C15H18N2O2. The second kappa shape index (κ2) is 4.72. The Kier molecular flexibility index (Phi) is 3.05. The lowest BCUT2D eigenvalue weighted by atomic mass is 9.95. The lowest BCUT2D eigenvalue weighted by Gasteiger charge is -2.24. The summed E-state index contributed by atoms with van der Waals surface area (Å²) < 4.78 is 5.79. The molecule has 0 aromatic heterocycles. The maximum atomic E-state index is 9.98. The Bertz CT molecular complexity index is 625. The van der Waals surface area contributed by atoms with Gasteiger partial charge in [0.2, 0.25) is 0 Å². The second-order valence-corrected chi connectivity index (χ2v) is 5.02. The van der Waals surface area contributed by atoms with Crippen LogP contribution in [0.2, 0.25) is 0 Å². The van der Waals surface area contributed by atoms with E-state index in [1.807, 2.05) is 19.2 Å². The van der Waals surface area contributed by atoms with Crippen LogP contribution in [-0.4, -0.2) is 24.8 Å². The highest BCUT2D eigenvalue weighted by molar-refractivity contribution is 5.93. The Morgan fingerprint density at radius 2 is 2.11 bits per heavy atom. The minimum Gasteiger partial charge on any atom is -0.508 e. The molecule has 0 saturated carbocycles. The molecule has 1 atom stereocenters. The van der Waals surface area contributed by atoms with Crippen molar-refractivity contribution in [2.24, 2.45) is 5.73 Å². The molecule has 2 aromatic rings. The highest BCUT2D eigenvalue weighted by Crippen LogP contribution is 2.37. The summed E-state index contributed by atoms with van der Waals surface area (Å²) in [5.74, 6) is 1.23. The molecule has 1 heterocycles. The number of nitrogens with two attached hydrogens (primary N) is 1. The first kappa shape index (κ1) is 12.3. The molecule has 2 aromatic carbocycles. The zero-order chi connectivity index (χ0) is 13.4. The van der Waals surface area contributed by atoms with Gasteiger partial charge in [0.15, 0.2) is 0 Å². The van der Waals surface area contributed by atoms with E-state index in [1.165, 1.54) is 0 Å². The molecule has 0 fully saturated rings. The fourth-order valence-electron chi connectivity index (χ4n) is 2.70. The zero-order valence-corrected chi connectivity index (χ0v) is 10.9. The van der Waals surface area contributed by atoms with Crippen LogP contribution in [0.5, 0.6) is 11.5 Å². The van der Waals surface area contributed by atoms with E-state index in [9.17, 15) is 5.11 Å². The van der Waals surface area contributed by atoms with Crippen LogP contribution in [0.25, 0.3) is 10.8 Å². The Balaban J connectivity index is 2.22. The van der Waals surface area contributed by atoms with Crippen molar-refractivity contribution >= 4 is 10.8 Å². The third-order valence-electron chi connectivity index (χ3n) is 3.60. The van der Waals surface area contributed by atoms with Gasteiger partial charge in [0, 0.05) is 23.5 Å². The van der Waals surface area contributed by atoms with Gasteiger partial charge in [-0.2, -0.15) is 0 Å². The topological polar surface area (TPSA) is 67.5 Å². The monoisotopic (exact) mass is 258 g/mol. The molecule has 0 bridgehead atoms. The predicted molar refractivity (Wildman–Crippen MR) is 75.6 cm³/mol. The van der Waals surface area contributed by atoms with Crippen molar-refractivity contribution in [3.8, 4) is 11.5 Å². The zero-order valence-electron chi connectivity index (χ0n) is 10.9. The number of hydrogen-bond acceptors (Lipinski definition) is 4. The van der Waals surface area contributed by atoms with Gasteiger partial charge in [-0.05, 0) is 36.6 Å². The molecule has 0 saturated heterocycles. The molecule has 0 amide bonds. The normalized spacial score (nSPS) is 18.1. The summed E-state index contributed by atoms with van der Waals surface area (Å²) in [4.78, 5) is 0. The van der Waals surface area contributed by atoms with Crippen LogP contribution in [-0.2, 0) is 13.0 Å². The lowest BCUT2D eigenvalue weighted by Crippen LogP contribution is -2.33. The Hall–Kier alpha value is -1.78. The van der Waals surface area contributed by atoms with Crippen LogP contribution < -0.4 is 15.8 Å². The first-order chi connectivity index (χ1) is 9.20. The van der Waals surface area contributed by atoms with Gasteiger partial charge in [-0.15, -0.1) is 0 Å². The number of rotatable bonds is 2. The van der Waals surface area contributed by atoms with Crippen molar-refractivity contribution in [3.63, 3.8) is 0 Å². The third kappa shape index (κ3) is 2.03. The van der Waals surface area contributed by atoms with Crippen LogP contribution >= 0.6 is 0 Å². The summed E-state index contributed by atoms with van der Waals surface area (Å²) in [5.41, 5.74) is 7.97. The van der Waals surface area contributed by atoms with Gasteiger partial charge in [0.05, 0.1) is 0 Å². The average Bonchev–Trinajstić information content (AvgIpc) is 2.41. The van der Waals surface area contributed by atoms with E-state index < -0.39 is 0 Å². The van der Waals surface area contributed by atoms with Gasteiger partial charge in [0.25, 0.3) is 0 Å². The van der Waals surface area contributed by atoms with Crippen molar-refractivity contribution in [1.29, 1.82) is 0 Å². The molecule has 3 rings (SSSR count). The van der Waals surface area contributed by atoms with Gasteiger partial charge in [-0.1, -0.05) is 12.1 Å². The van der Waals surface area contributed by atoms with Crippen LogP contribution in [0.1, 0.15) is 11.1 Å². The van der Waals surface area contributed by atoms with Crippen LogP contribution in [0, 0.1) is 0 Å². The van der Waals surface area contributed by atoms with Gasteiger partial charge in [-0.25, -0.2) is 0 Å². The van der Waals surface area contributed by atoms with Gasteiger partial charge in [-0.3, -0.25) is 0 Å². The minimum atomic E-state index is 0.0684. The molecule has 1 unspecified atom stereocenters. The van der Waals surface area contributed by atoms with Crippen molar-refractivity contribution in [2.45, 2.75) is 19.0 Å². The summed E-state index contributed by atoms with van der Waals surface area (Å²) in [6, 6.07) is 7.81. The number of hydrogen-bond donors (Lipinski definition) is 3. The SMILES string of the molecule is CNCc1c(O)ccc2c3c(ccc12)CC(N)CO3. The number of ether oxygens (including phenoxy) is 1. The minimum absolute atomic E-state index is 0.0684. The summed E-state index contributed by atoms with van der Waals surface area (Å²) >= 11 is 0. The molecule has 1 aliphatic heterocycles. The smallest absolute Gasteiger partial charge is 0.130 e. The summed E-state index contributed by atoms with van der Waals surface area (Å²) in [7, 11) is 1.87. The maximum absolute atomic E-state index is 9.98. The first-order valence-electron chi connectivity index (χ1n) is 6.50. The molecule has 4 heteroatoms. The van der Waals surface area contributed by atoms with Crippen molar-refractivity contribution in [3.05, 3.63) is 35.4 Å². The van der Waals surface area contributed by atoms with E-state index in [1.54, 1.807) is 6.07 Å². The number of benzene rings is 2. The summed E-state index contributed by atoms with van der Waals surface area (Å²) in [6.45, 7) is 1.18. The number of fused-ring (bicyclic) bond motifs is 3. The van der Waals surface area contributed by atoms with Crippen LogP contribution in [0.15, 0.2) is 24.3 Å². The Morgan fingerprint density at radius 1 is 1.32 bits per heavy atom. The van der Waals surface area contributed by atoms with E-state index in [4.69, 9.17) is 10.5 Å². The Labute approximate surface area is 112 Å². The molecule has 4 nitrogen and oxygen atoms in total. The Morgan fingerprint density at radius 3 is 2.89 bits per heavy atom. The standard InChI is InChI=1S/C15H18N2O2/c1-17-7-13-11-3-2-9-6-10(16)8-19-15(9)12(11)4-5-14(13)18/h2-5,10,17-18H,6-8,16H2,1H3. The second-order valence-electron chi connectivity index (χ2n) is 5.02. The predicted octanol–water partition coefficient (Wildman–Crippen LogP) is 1.53. The molecule has 19 heavy (non-hydrogen) atoms. The highest BCUT2D eigenvalue weighted by Gasteiger charge is 2.20. The largest absolute Gasteiger partial charge is 0.508 e. The van der Waals surface area contributed by atoms with Gasteiger partial charge in [0.1, 0.15) is 18.1 Å². The molecule has 0 aliphatic carbocycles. The van der Waals surface area contributed by atoms with E-state index >= 15 is 0 Å². The number of aromatic hydroxyl groups is 1. The number of phenolic OH excluding ortho intramolecular Hbond substituents is 1. The van der Waals surface area contributed by atoms with E-state index in [-0.39, 0.29) is 6.04 Å². The van der Waals surface area contributed by atoms with Crippen molar-refractivity contribution in [2.75, 3.05) is 13.7 Å². The third-order valence-corrected chi connectivity index (χ3v) is 3.60. The fourth-order valence-corrected chi connectivity index (χ4v) is 2.70. The first-order valence-corrected chi connectivity index (χ1v) is 6.50. The quantitative estimate of drug-likeness (QED) is 0.764. The molecule has 0 spiro atoms.